The first-order chi connectivity index (χ1) is 12.4. The van der Waals surface area contributed by atoms with Crippen molar-refractivity contribution < 1.29 is 23.5 Å². The van der Waals surface area contributed by atoms with Crippen LogP contribution < -0.4 is 4.74 Å². The highest BCUT2D eigenvalue weighted by Crippen LogP contribution is 2.39. The third-order valence-electron chi connectivity index (χ3n) is 4.48. The zero-order valence-corrected chi connectivity index (χ0v) is 15.4. The largest absolute Gasteiger partial charge is 0.497 e. The Kier molecular flexibility index (Phi) is 6.14. The van der Waals surface area contributed by atoms with E-state index in [4.69, 9.17) is 4.74 Å². The van der Waals surface area contributed by atoms with E-state index in [9.17, 15) is 9.59 Å². The number of aryl methyl sites for hydroxylation is 1. The van der Waals surface area contributed by atoms with Crippen molar-refractivity contribution in [1.82, 2.24) is 0 Å². The zero-order chi connectivity index (χ0) is 19.3. The molecule has 5 heteroatoms. The number of methoxy groups -OCH3 is 2. The molecule has 0 saturated heterocycles. The number of ketones is 1. The monoisotopic (exact) mass is 358 g/mol. The number of ether oxygens (including phenoxy) is 2. The van der Waals surface area contributed by atoms with Crippen LogP contribution in [0.2, 0.25) is 0 Å². The molecule has 0 fully saturated rings. The van der Waals surface area contributed by atoms with Crippen molar-refractivity contribution in [3.8, 4) is 5.75 Å². The van der Waals surface area contributed by atoms with Gasteiger partial charge >= 0.3 is 5.97 Å². The highest BCUT2D eigenvalue weighted by molar-refractivity contribution is 6.16. The Morgan fingerprint density at radius 2 is 1.81 bits per heavy atom. The lowest BCUT2D eigenvalue weighted by atomic mass is 9.77. The van der Waals surface area contributed by atoms with E-state index >= 15 is 4.39 Å². The average Bonchev–Trinajstić information content (AvgIpc) is 2.67. The molecular weight excluding hydrogens is 335 g/mol. The molecule has 0 amide bonds. The highest BCUT2D eigenvalue weighted by Gasteiger charge is 2.54. The molecule has 0 aromatic heterocycles. The number of alkyl halides is 1. The minimum atomic E-state index is -2.83. The zero-order valence-electron chi connectivity index (χ0n) is 15.4. The van der Waals surface area contributed by atoms with Crippen LogP contribution in [0.3, 0.4) is 0 Å². The van der Waals surface area contributed by atoms with Crippen molar-refractivity contribution in [3.63, 3.8) is 0 Å². The number of halogens is 1. The lowest BCUT2D eigenvalue weighted by Gasteiger charge is -2.30. The molecule has 26 heavy (non-hydrogen) atoms. The fraction of sp³-hybridized carbons (Fsp3) is 0.333. The van der Waals surface area contributed by atoms with Crippen molar-refractivity contribution >= 4 is 11.8 Å². The number of hydrogen-bond donors (Lipinski definition) is 0. The summed E-state index contributed by atoms with van der Waals surface area (Å²) in [5, 5.41) is 0. The third-order valence-corrected chi connectivity index (χ3v) is 4.48. The molecule has 2 atom stereocenters. The van der Waals surface area contributed by atoms with Crippen LogP contribution in [0, 0.1) is 6.92 Å². The van der Waals surface area contributed by atoms with Gasteiger partial charge in [-0.15, -0.1) is 0 Å². The van der Waals surface area contributed by atoms with Crippen LogP contribution in [-0.4, -0.2) is 31.6 Å². The molecule has 0 aliphatic heterocycles. The van der Waals surface area contributed by atoms with Crippen molar-refractivity contribution in [1.29, 1.82) is 0 Å². The maximum atomic E-state index is 16.1. The van der Waals surface area contributed by atoms with E-state index in [1.54, 1.807) is 56.3 Å². The van der Waals surface area contributed by atoms with E-state index in [0.717, 1.165) is 12.7 Å². The minimum absolute atomic E-state index is 0.138. The van der Waals surface area contributed by atoms with Gasteiger partial charge in [-0.1, -0.05) is 42.8 Å². The number of carbonyl (C=O) groups is 2. The Bertz CT molecular complexity index is 802. The van der Waals surface area contributed by atoms with E-state index in [2.05, 4.69) is 4.74 Å². The molecule has 2 aromatic rings. The summed E-state index contributed by atoms with van der Waals surface area (Å²) >= 11 is 0. The van der Waals surface area contributed by atoms with Gasteiger partial charge in [-0.2, -0.15) is 0 Å². The molecule has 138 valence electrons. The number of carbonyl (C=O) groups excluding carboxylic acids is 2. The van der Waals surface area contributed by atoms with Crippen LogP contribution in [-0.2, 0) is 9.53 Å². The van der Waals surface area contributed by atoms with Gasteiger partial charge in [0.25, 0.3) is 5.67 Å². The molecule has 0 N–H and O–H groups in total. The Labute approximate surface area is 152 Å². The first-order valence-corrected chi connectivity index (χ1v) is 8.41. The third kappa shape index (κ3) is 3.62. The van der Waals surface area contributed by atoms with Gasteiger partial charge in [-0.3, -0.25) is 4.79 Å². The van der Waals surface area contributed by atoms with Crippen molar-refractivity contribution in [3.05, 3.63) is 65.2 Å². The molecule has 0 radical (unpaired) electrons. The van der Waals surface area contributed by atoms with Gasteiger partial charge < -0.3 is 9.47 Å². The van der Waals surface area contributed by atoms with E-state index in [1.165, 1.54) is 13.2 Å². The normalized spacial score (nSPS) is 14.2. The molecule has 4 nitrogen and oxygen atoms in total. The number of rotatable bonds is 7. The molecule has 2 rings (SSSR count). The second-order valence-electron chi connectivity index (χ2n) is 6.14. The summed E-state index contributed by atoms with van der Waals surface area (Å²) in [4.78, 5) is 25.5. The van der Waals surface area contributed by atoms with Crippen molar-refractivity contribution in [2.45, 2.75) is 31.9 Å². The van der Waals surface area contributed by atoms with Crippen molar-refractivity contribution in [2.75, 3.05) is 14.2 Å². The van der Waals surface area contributed by atoms with Gasteiger partial charge in [0.1, 0.15) is 5.75 Å². The molecular formula is C21H23FO4. The predicted molar refractivity (Wildman–Crippen MR) is 97.4 cm³/mol. The predicted octanol–water partition coefficient (Wildman–Crippen LogP) is 4.26. The maximum Gasteiger partial charge on any atom is 0.352 e. The summed E-state index contributed by atoms with van der Waals surface area (Å²) in [7, 11) is 2.58. The van der Waals surface area contributed by atoms with Crippen LogP contribution in [0.4, 0.5) is 4.39 Å². The fourth-order valence-corrected chi connectivity index (χ4v) is 3.14. The van der Waals surface area contributed by atoms with Gasteiger partial charge in [-0.25, -0.2) is 9.18 Å². The summed E-state index contributed by atoms with van der Waals surface area (Å²) in [6.07, 6.45) is 0.232. The second-order valence-corrected chi connectivity index (χ2v) is 6.14. The second kappa shape index (κ2) is 8.13. The Morgan fingerprint density at radius 1 is 1.12 bits per heavy atom. The Hall–Kier alpha value is -2.69. The Balaban J connectivity index is 2.59. The van der Waals surface area contributed by atoms with E-state index < -0.39 is 23.3 Å². The molecule has 0 aliphatic carbocycles. The van der Waals surface area contributed by atoms with E-state index in [1.807, 2.05) is 0 Å². The quantitative estimate of drug-likeness (QED) is 0.422. The fourth-order valence-electron chi connectivity index (χ4n) is 3.14. The first kappa shape index (κ1) is 19.6. The standard InChI is InChI=1S/C21H23FO4/c1-5-18(15-9-7-11-17(13-15)25-3)21(22,20(24)26-4)19(23)16-10-6-8-14(2)12-16/h6-13,18H,5H2,1-4H3/t18-,21+/m0/s1. The topological polar surface area (TPSA) is 52.6 Å². The van der Waals surface area contributed by atoms with Crippen LogP contribution in [0.5, 0.6) is 5.75 Å². The van der Waals surface area contributed by atoms with Crippen LogP contribution in [0.1, 0.15) is 40.7 Å². The lowest BCUT2D eigenvalue weighted by molar-refractivity contribution is -0.152. The molecule has 0 unspecified atom stereocenters. The maximum absolute atomic E-state index is 16.1. The summed E-state index contributed by atoms with van der Waals surface area (Å²) < 4.78 is 26.0. The SMILES string of the molecule is CC[C@@H](c1cccc(OC)c1)[C@](F)(C(=O)OC)C(=O)c1cccc(C)c1. The van der Waals surface area contributed by atoms with Gasteiger partial charge in [0, 0.05) is 11.5 Å². The summed E-state index contributed by atoms with van der Waals surface area (Å²) in [5.41, 5.74) is -1.39. The number of hydrogen-bond acceptors (Lipinski definition) is 4. The summed E-state index contributed by atoms with van der Waals surface area (Å²) in [5.74, 6) is -2.57. The summed E-state index contributed by atoms with van der Waals surface area (Å²) in [6.45, 7) is 3.53. The molecule has 0 aliphatic rings. The van der Waals surface area contributed by atoms with Crippen LogP contribution >= 0.6 is 0 Å². The molecule has 0 spiro atoms. The molecule has 0 heterocycles. The van der Waals surface area contributed by atoms with Gasteiger partial charge in [0.05, 0.1) is 14.2 Å². The van der Waals surface area contributed by atoms with Gasteiger partial charge in [0.2, 0.25) is 5.78 Å². The number of esters is 1. The molecule has 2 aromatic carbocycles. The van der Waals surface area contributed by atoms with E-state index in [-0.39, 0.29) is 12.0 Å². The molecule has 0 saturated carbocycles. The van der Waals surface area contributed by atoms with Crippen LogP contribution in [0.15, 0.2) is 48.5 Å². The van der Waals surface area contributed by atoms with Crippen LogP contribution in [0.25, 0.3) is 0 Å². The lowest BCUT2D eigenvalue weighted by Crippen LogP contribution is -2.48. The molecule has 0 bridgehead atoms. The Morgan fingerprint density at radius 3 is 2.38 bits per heavy atom. The minimum Gasteiger partial charge on any atom is -0.497 e. The highest BCUT2D eigenvalue weighted by atomic mass is 19.1. The smallest absolute Gasteiger partial charge is 0.352 e. The van der Waals surface area contributed by atoms with Gasteiger partial charge in [0.15, 0.2) is 0 Å². The first-order valence-electron chi connectivity index (χ1n) is 8.41. The number of benzene rings is 2. The summed E-state index contributed by atoms with van der Waals surface area (Å²) in [6, 6.07) is 13.3. The van der Waals surface area contributed by atoms with Gasteiger partial charge in [-0.05, 0) is 37.1 Å². The average molecular weight is 358 g/mol. The van der Waals surface area contributed by atoms with Crippen molar-refractivity contribution in [2.24, 2.45) is 0 Å². The number of Topliss-reactive ketones (excluding diaryl/α,β-unsaturated/α-hetero) is 1. The van der Waals surface area contributed by atoms with E-state index in [0.29, 0.717) is 11.3 Å².